The molecule has 0 radical (unpaired) electrons. The van der Waals surface area contributed by atoms with Crippen molar-refractivity contribution < 1.29 is 0 Å². The normalized spacial score (nSPS) is 11.2. The fourth-order valence-corrected chi connectivity index (χ4v) is 1.40. The maximum atomic E-state index is 4.12. The molecule has 0 fully saturated rings. The van der Waals surface area contributed by atoms with E-state index >= 15 is 0 Å². The summed E-state index contributed by atoms with van der Waals surface area (Å²) < 4.78 is 1.92. The molecule has 1 heterocycles. The number of hydrogen-bond acceptors (Lipinski definition) is 3. The Kier molecular flexibility index (Phi) is 5.32. The van der Waals surface area contributed by atoms with Crippen LogP contribution >= 0.6 is 0 Å². The molecule has 4 nitrogen and oxygen atoms in total. The fraction of sp³-hybridized carbons (Fsp3) is 0.818. The smallest absolute Gasteiger partial charge is 0.0964 e. The summed E-state index contributed by atoms with van der Waals surface area (Å²) in [5, 5.41) is 11.6. The first-order valence-electron chi connectivity index (χ1n) is 5.82. The molecule has 0 saturated heterocycles. The van der Waals surface area contributed by atoms with Gasteiger partial charge in [0.25, 0.3) is 0 Å². The van der Waals surface area contributed by atoms with Crippen LogP contribution in [-0.4, -0.2) is 21.5 Å². The average molecular weight is 210 g/mol. The van der Waals surface area contributed by atoms with Crippen LogP contribution in [0.3, 0.4) is 0 Å². The fourth-order valence-electron chi connectivity index (χ4n) is 1.40. The van der Waals surface area contributed by atoms with Crippen molar-refractivity contribution in [2.24, 2.45) is 5.92 Å². The minimum atomic E-state index is 0.618. The summed E-state index contributed by atoms with van der Waals surface area (Å²) in [6, 6.07) is 0. The van der Waals surface area contributed by atoms with E-state index in [0.717, 1.165) is 25.3 Å². The molecule has 86 valence electrons. The van der Waals surface area contributed by atoms with Gasteiger partial charge in [-0.15, -0.1) is 5.10 Å². The third-order valence-corrected chi connectivity index (χ3v) is 2.15. The second-order valence-corrected chi connectivity index (χ2v) is 4.36. The Morgan fingerprint density at radius 2 is 2.27 bits per heavy atom. The molecule has 0 aliphatic rings. The summed E-state index contributed by atoms with van der Waals surface area (Å²) in [7, 11) is 0. The Bertz CT molecular complexity index is 267. The predicted molar refractivity (Wildman–Crippen MR) is 61.5 cm³/mol. The lowest BCUT2D eigenvalue weighted by atomic mass is 10.2. The van der Waals surface area contributed by atoms with E-state index in [4.69, 9.17) is 0 Å². The number of rotatable bonds is 7. The van der Waals surface area contributed by atoms with Crippen LogP contribution in [0.5, 0.6) is 0 Å². The predicted octanol–water partition coefficient (Wildman–Crippen LogP) is 1.82. The Morgan fingerprint density at radius 3 is 2.93 bits per heavy atom. The molecule has 0 amide bonds. The van der Waals surface area contributed by atoms with Gasteiger partial charge >= 0.3 is 0 Å². The quantitative estimate of drug-likeness (QED) is 0.698. The van der Waals surface area contributed by atoms with Crippen LogP contribution < -0.4 is 5.32 Å². The summed E-state index contributed by atoms with van der Waals surface area (Å²) in [4.78, 5) is 0. The molecular formula is C11H22N4. The molecule has 0 spiro atoms. The van der Waals surface area contributed by atoms with Gasteiger partial charge in [-0.1, -0.05) is 32.4 Å². The van der Waals surface area contributed by atoms with Crippen LogP contribution in [0.15, 0.2) is 6.20 Å². The van der Waals surface area contributed by atoms with E-state index in [0.29, 0.717) is 5.92 Å². The first kappa shape index (κ1) is 12.2. The molecule has 1 aromatic heterocycles. The number of nitrogens with zero attached hydrogens (tertiary/aromatic N) is 3. The maximum absolute atomic E-state index is 4.12. The number of aromatic nitrogens is 3. The van der Waals surface area contributed by atoms with Crippen molar-refractivity contribution in [3.8, 4) is 0 Å². The largest absolute Gasteiger partial charge is 0.311 e. The highest BCUT2D eigenvalue weighted by atomic mass is 15.4. The van der Waals surface area contributed by atoms with Crippen LogP contribution in [0.2, 0.25) is 0 Å². The monoisotopic (exact) mass is 210 g/mol. The number of nitrogens with one attached hydrogen (secondary N) is 1. The number of hydrogen-bond donors (Lipinski definition) is 1. The molecule has 1 aromatic rings. The minimum absolute atomic E-state index is 0.618. The molecule has 15 heavy (non-hydrogen) atoms. The summed E-state index contributed by atoms with van der Waals surface area (Å²) in [6.07, 6.45) is 4.48. The molecule has 0 bridgehead atoms. The van der Waals surface area contributed by atoms with Gasteiger partial charge in [-0.2, -0.15) is 0 Å². The van der Waals surface area contributed by atoms with E-state index in [9.17, 15) is 0 Å². The Morgan fingerprint density at radius 1 is 1.47 bits per heavy atom. The lowest BCUT2D eigenvalue weighted by Gasteiger charge is -2.02. The zero-order valence-electron chi connectivity index (χ0n) is 10.0. The lowest BCUT2D eigenvalue weighted by molar-refractivity contribution is 0.472. The van der Waals surface area contributed by atoms with Gasteiger partial charge in [-0.05, 0) is 18.9 Å². The van der Waals surface area contributed by atoms with Gasteiger partial charge in [-0.3, -0.25) is 4.68 Å². The summed E-state index contributed by atoms with van der Waals surface area (Å²) >= 11 is 0. The van der Waals surface area contributed by atoms with Crippen molar-refractivity contribution in [2.75, 3.05) is 6.54 Å². The van der Waals surface area contributed by atoms with Crippen LogP contribution in [0.4, 0.5) is 0 Å². The highest BCUT2D eigenvalue weighted by molar-refractivity contribution is 4.91. The topological polar surface area (TPSA) is 42.7 Å². The Balaban J connectivity index is 2.26. The highest BCUT2D eigenvalue weighted by Crippen LogP contribution is 1.99. The molecule has 1 N–H and O–H groups in total. The molecule has 0 aromatic carbocycles. The van der Waals surface area contributed by atoms with Gasteiger partial charge in [0.1, 0.15) is 0 Å². The molecule has 0 atom stereocenters. The van der Waals surface area contributed by atoms with Crippen LogP contribution in [0.1, 0.15) is 39.3 Å². The van der Waals surface area contributed by atoms with Crippen LogP contribution in [-0.2, 0) is 13.1 Å². The lowest BCUT2D eigenvalue weighted by Crippen LogP contribution is -2.14. The third-order valence-electron chi connectivity index (χ3n) is 2.15. The third kappa shape index (κ3) is 4.93. The van der Waals surface area contributed by atoms with Gasteiger partial charge in [-0.25, -0.2) is 0 Å². The molecule has 0 unspecified atom stereocenters. The zero-order chi connectivity index (χ0) is 11.1. The highest BCUT2D eigenvalue weighted by Gasteiger charge is 2.01. The first-order valence-corrected chi connectivity index (χ1v) is 5.82. The van der Waals surface area contributed by atoms with Crippen molar-refractivity contribution in [3.05, 3.63) is 11.9 Å². The van der Waals surface area contributed by atoms with E-state index in [1.807, 2.05) is 10.9 Å². The second kappa shape index (κ2) is 6.56. The van der Waals surface area contributed by atoms with E-state index < -0.39 is 0 Å². The van der Waals surface area contributed by atoms with Gasteiger partial charge < -0.3 is 5.32 Å². The SMILES string of the molecule is CCCCNCc1cn(CC(C)C)nn1. The summed E-state index contributed by atoms with van der Waals surface area (Å²) in [6.45, 7) is 9.40. The summed E-state index contributed by atoms with van der Waals surface area (Å²) in [5.74, 6) is 0.618. The van der Waals surface area contributed by atoms with Gasteiger partial charge in [0.15, 0.2) is 0 Å². The van der Waals surface area contributed by atoms with Gasteiger partial charge in [0, 0.05) is 19.3 Å². The Labute approximate surface area is 92.1 Å². The molecule has 4 heteroatoms. The zero-order valence-corrected chi connectivity index (χ0v) is 10.0. The van der Waals surface area contributed by atoms with Crippen LogP contribution in [0.25, 0.3) is 0 Å². The van der Waals surface area contributed by atoms with E-state index in [-0.39, 0.29) is 0 Å². The van der Waals surface area contributed by atoms with Crippen molar-refractivity contribution in [3.63, 3.8) is 0 Å². The number of unbranched alkanes of at least 4 members (excludes halogenated alkanes) is 1. The standard InChI is InChI=1S/C11H22N4/c1-4-5-6-12-7-11-9-15(14-13-11)8-10(2)3/h9-10,12H,4-8H2,1-3H3. The van der Waals surface area contributed by atoms with Gasteiger partial charge in [0.05, 0.1) is 5.69 Å². The molecule has 0 aliphatic heterocycles. The van der Waals surface area contributed by atoms with E-state index in [1.165, 1.54) is 12.8 Å². The molecule has 1 rings (SSSR count). The van der Waals surface area contributed by atoms with E-state index in [2.05, 4.69) is 36.4 Å². The molecule has 0 aliphatic carbocycles. The van der Waals surface area contributed by atoms with Crippen LogP contribution in [0, 0.1) is 5.92 Å². The van der Waals surface area contributed by atoms with Crippen molar-refractivity contribution >= 4 is 0 Å². The Hall–Kier alpha value is -0.900. The minimum Gasteiger partial charge on any atom is -0.311 e. The molecule has 0 saturated carbocycles. The van der Waals surface area contributed by atoms with E-state index in [1.54, 1.807) is 0 Å². The van der Waals surface area contributed by atoms with Crippen molar-refractivity contribution in [2.45, 2.75) is 46.7 Å². The average Bonchev–Trinajstić information content (AvgIpc) is 2.59. The molecular weight excluding hydrogens is 188 g/mol. The summed E-state index contributed by atoms with van der Waals surface area (Å²) in [5.41, 5.74) is 1.03. The first-order chi connectivity index (χ1) is 7.22. The van der Waals surface area contributed by atoms with Gasteiger partial charge in [0.2, 0.25) is 0 Å². The van der Waals surface area contributed by atoms with Crippen molar-refractivity contribution in [1.82, 2.24) is 20.3 Å². The second-order valence-electron chi connectivity index (χ2n) is 4.36. The van der Waals surface area contributed by atoms with Crippen molar-refractivity contribution in [1.29, 1.82) is 0 Å². The maximum Gasteiger partial charge on any atom is 0.0964 e.